The quantitative estimate of drug-likeness (QED) is 0.346. The molecule has 0 N–H and O–H groups in total. The number of hydrogen-bond acceptors (Lipinski definition) is 7. The summed E-state index contributed by atoms with van der Waals surface area (Å²) in [4.78, 5) is 35.7. The summed E-state index contributed by atoms with van der Waals surface area (Å²) in [5, 5.41) is 0. The second-order valence-electron chi connectivity index (χ2n) is 7.97. The minimum absolute atomic E-state index is 0.158. The molecule has 2 aromatic heterocycles. The van der Waals surface area contributed by atoms with Crippen LogP contribution < -0.4 is 10.5 Å². The number of amides is 1. The van der Waals surface area contributed by atoms with Crippen LogP contribution in [0.15, 0.2) is 28.0 Å². The molecule has 32 heavy (non-hydrogen) atoms. The van der Waals surface area contributed by atoms with Crippen molar-refractivity contribution in [3.05, 3.63) is 44.7 Å². The van der Waals surface area contributed by atoms with Crippen LogP contribution in [0.4, 0.5) is 5.82 Å². The Morgan fingerprint density at radius 3 is 2.78 bits per heavy atom. The third-order valence-corrected chi connectivity index (χ3v) is 7.12. The largest absolute Gasteiger partial charge is 0.382 e. The smallest absolute Gasteiger partial charge is 0.267 e. The van der Waals surface area contributed by atoms with Gasteiger partial charge in [0.15, 0.2) is 0 Å². The number of thiocarbonyl (C=S) groups is 1. The SMILES string of the molecule is CCOCCCN1C(=O)/C(=C/c2c(N3CCCCC3)nc3c(C)cccn3c2=O)SC1=S. The number of anilines is 1. The fourth-order valence-corrected chi connectivity index (χ4v) is 5.36. The van der Waals surface area contributed by atoms with Gasteiger partial charge in [-0.3, -0.25) is 18.9 Å². The molecule has 2 aliphatic heterocycles. The van der Waals surface area contributed by atoms with Gasteiger partial charge in [0.05, 0.1) is 10.5 Å². The first-order chi connectivity index (χ1) is 15.5. The second-order valence-corrected chi connectivity index (χ2v) is 9.65. The lowest BCUT2D eigenvalue weighted by Crippen LogP contribution is -2.34. The summed E-state index contributed by atoms with van der Waals surface area (Å²) < 4.78 is 7.46. The van der Waals surface area contributed by atoms with Gasteiger partial charge in [0, 0.05) is 39.0 Å². The molecule has 7 nitrogen and oxygen atoms in total. The summed E-state index contributed by atoms with van der Waals surface area (Å²) in [6.07, 6.45) is 7.44. The van der Waals surface area contributed by atoms with Crippen LogP contribution >= 0.6 is 24.0 Å². The summed E-state index contributed by atoms with van der Waals surface area (Å²) in [6, 6.07) is 3.79. The zero-order chi connectivity index (χ0) is 22.7. The Labute approximate surface area is 197 Å². The molecule has 2 aliphatic rings. The number of carbonyl (C=O) groups is 1. The molecular formula is C23H28N4O3S2. The predicted molar refractivity (Wildman–Crippen MR) is 133 cm³/mol. The Bertz CT molecular complexity index is 1120. The van der Waals surface area contributed by atoms with Crippen LogP contribution in [0.1, 0.15) is 43.7 Å². The number of fused-ring (bicyclic) bond motifs is 1. The molecule has 1 amide bonds. The van der Waals surface area contributed by atoms with Crippen molar-refractivity contribution in [2.24, 2.45) is 0 Å². The van der Waals surface area contributed by atoms with Crippen LogP contribution in [0, 0.1) is 6.92 Å². The van der Waals surface area contributed by atoms with Crippen LogP contribution in [0.2, 0.25) is 0 Å². The third kappa shape index (κ3) is 4.60. The van der Waals surface area contributed by atoms with Gasteiger partial charge >= 0.3 is 0 Å². The van der Waals surface area contributed by atoms with E-state index in [1.54, 1.807) is 21.6 Å². The second kappa shape index (κ2) is 10.1. The van der Waals surface area contributed by atoms with Crippen molar-refractivity contribution < 1.29 is 9.53 Å². The van der Waals surface area contributed by atoms with E-state index in [0.717, 1.165) is 31.5 Å². The molecule has 0 atom stereocenters. The fourth-order valence-electron chi connectivity index (χ4n) is 4.07. The van der Waals surface area contributed by atoms with E-state index < -0.39 is 0 Å². The van der Waals surface area contributed by atoms with Crippen molar-refractivity contribution in [3.8, 4) is 0 Å². The molecule has 0 saturated carbocycles. The summed E-state index contributed by atoms with van der Waals surface area (Å²) in [6.45, 7) is 7.35. The number of carbonyl (C=O) groups excluding carboxylic acids is 1. The van der Waals surface area contributed by atoms with Crippen LogP contribution in [-0.2, 0) is 9.53 Å². The van der Waals surface area contributed by atoms with Gasteiger partial charge in [-0.2, -0.15) is 0 Å². The molecule has 2 aromatic rings. The van der Waals surface area contributed by atoms with Crippen molar-refractivity contribution >= 4 is 51.7 Å². The Hall–Kier alpha value is -2.23. The molecule has 9 heteroatoms. The van der Waals surface area contributed by atoms with Crippen molar-refractivity contribution in [1.29, 1.82) is 0 Å². The molecule has 4 heterocycles. The van der Waals surface area contributed by atoms with Gasteiger partial charge in [-0.25, -0.2) is 4.98 Å². The van der Waals surface area contributed by atoms with Crippen molar-refractivity contribution in [2.45, 2.75) is 39.5 Å². The Morgan fingerprint density at radius 2 is 2.03 bits per heavy atom. The van der Waals surface area contributed by atoms with E-state index in [-0.39, 0.29) is 11.5 Å². The summed E-state index contributed by atoms with van der Waals surface area (Å²) in [5.74, 6) is 0.500. The highest BCUT2D eigenvalue weighted by molar-refractivity contribution is 8.26. The maximum absolute atomic E-state index is 13.5. The lowest BCUT2D eigenvalue weighted by atomic mass is 10.1. The average Bonchev–Trinajstić information content (AvgIpc) is 3.06. The summed E-state index contributed by atoms with van der Waals surface area (Å²) in [5.41, 5.74) is 1.87. The van der Waals surface area contributed by atoms with Gasteiger partial charge in [-0.05, 0) is 57.2 Å². The number of aryl methyl sites for hydroxylation is 1. The number of ether oxygens (including phenoxy) is 1. The first-order valence-electron chi connectivity index (χ1n) is 11.1. The average molecular weight is 473 g/mol. The highest BCUT2D eigenvalue weighted by atomic mass is 32.2. The Morgan fingerprint density at radius 1 is 1.25 bits per heavy atom. The van der Waals surface area contributed by atoms with E-state index >= 15 is 0 Å². The number of rotatable bonds is 7. The molecule has 2 saturated heterocycles. The minimum atomic E-state index is -0.166. The molecule has 4 rings (SSSR count). The number of thioether (sulfide) groups is 1. The van der Waals surface area contributed by atoms with E-state index in [1.807, 2.05) is 26.0 Å². The molecule has 0 aliphatic carbocycles. The van der Waals surface area contributed by atoms with Crippen molar-refractivity contribution in [1.82, 2.24) is 14.3 Å². The number of piperidine rings is 1. The summed E-state index contributed by atoms with van der Waals surface area (Å²) >= 11 is 6.70. The normalized spacial score (nSPS) is 18.4. The van der Waals surface area contributed by atoms with Gasteiger partial charge < -0.3 is 9.64 Å². The monoisotopic (exact) mass is 472 g/mol. The third-order valence-electron chi connectivity index (χ3n) is 5.74. The summed E-state index contributed by atoms with van der Waals surface area (Å²) in [7, 11) is 0. The minimum Gasteiger partial charge on any atom is -0.382 e. The zero-order valence-corrected chi connectivity index (χ0v) is 20.1. The maximum Gasteiger partial charge on any atom is 0.267 e. The predicted octanol–water partition coefficient (Wildman–Crippen LogP) is 3.62. The van der Waals surface area contributed by atoms with E-state index in [9.17, 15) is 9.59 Å². The van der Waals surface area contributed by atoms with Crippen molar-refractivity contribution in [2.75, 3.05) is 37.7 Å². The standard InChI is InChI=1S/C23H28N4O3S2/c1-3-30-14-8-13-27-22(29)18(32-23(27)31)15-17-20(25-10-5-4-6-11-25)24-19-16(2)9-7-12-26(19)21(17)28/h7,9,12,15H,3-6,8,10-11,13-14H2,1-2H3/b18-15-. The van der Waals surface area contributed by atoms with Crippen LogP contribution in [-0.4, -0.2) is 57.4 Å². The maximum atomic E-state index is 13.5. The fraction of sp³-hybridized carbons (Fsp3) is 0.478. The molecule has 0 unspecified atom stereocenters. The van der Waals surface area contributed by atoms with Gasteiger partial charge in [0.25, 0.3) is 11.5 Å². The number of nitrogens with zero attached hydrogens (tertiary/aromatic N) is 4. The van der Waals surface area contributed by atoms with Gasteiger partial charge in [0.2, 0.25) is 0 Å². The molecule has 0 spiro atoms. The highest BCUT2D eigenvalue weighted by Crippen LogP contribution is 2.34. The van der Waals surface area contributed by atoms with Crippen LogP contribution in [0.25, 0.3) is 11.7 Å². The van der Waals surface area contributed by atoms with Crippen LogP contribution in [0.3, 0.4) is 0 Å². The molecule has 0 bridgehead atoms. The van der Waals surface area contributed by atoms with Gasteiger partial charge in [0.1, 0.15) is 15.8 Å². The van der Waals surface area contributed by atoms with E-state index in [2.05, 4.69) is 4.90 Å². The lowest BCUT2D eigenvalue weighted by Gasteiger charge is -2.29. The lowest BCUT2D eigenvalue weighted by molar-refractivity contribution is -0.122. The Kier molecular flexibility index (Phi) is 7.27. The first kappa shape index (κ1) is 22.9. The molecule has 2 fully saturated rings. The molecule has 0 aromatic carbocycles. The molecule has 0 radical (unpaired) electrons. The van der Waals surface area contributed by atoms with E-state index in [0.29, 0.717) is 52.4 Å². The molecular weight excluding hydrogens is 444 g/mol. The van der Waals surface area contributed by atoms with E-state index in [1.165, 1.54) is 18.2 Å². The topological polar surface area (TPSA) is 67.2 Å². The number of pyridine rings is 1. The van der Waals surface area contributed by atoms with Gasteiger partial charge in [-0.1, -0.05) is 30.0 Å². The number of hydrogen-bond donors (Lipinski definition) is 0. The van der Waals surface area contributed by atoms with Gasteiger partial charge in [-0.15, -0.1) is 0 Å². The first-order valence-corrected chi connectivity index (χ1v) is 12.3. The van der Waals surface area contributed by atoms with Crippen molar-refractivity contribution in [3.63, 3.8) is 0 Å². The Balaban J connectivity index is 1.74. The number of aromatic nitrogens is 2. The van der Waals surface area contributed by atoms with E-state index in [4.69, 9.17) is 21.9 Å². The highest BCUT2D eigenvalue weighted by Gasteiger charge is 2.32. The molecule has 170 valence electrons. The van der Waals surface area contributed by atoms with Crippen LogP contribution in [0.5, 0.6) is 0 Å². The zero-order valence-electron chi connectivity index (χ0n) is 18.5.